The molecule has 0 aliphatic carbocycles. The summed E-state index contributed by atoms with van der Waals surface area (Å²) in [5.74, 6) is 0.777. The standard InChI is InChI=1S/C18H28N2S/c1-3-14(2)17-13-20(10-6-9-19-17)12-16-11-15-7-4-5-8-18(15)21-16/h4-5,7-8,14,16-17,19H,3,6,9-13H2,1-2H3. The molecule has 3 unspecified atom stereocenters. The fourth-order valence-corrected chi connectivity index (χ4v) is 4.87. The monoisotopic (exact) mass is 304 g/mol. The van der Waals surface area contributed by atoms with Crippen molar-refractivity contribution in [3.8, 4) is 0 Å². The normalized spacial score (nSPS) is 28.1. The maximum Gasteiger partial charge on any atom is 0.0263 e. The SMILES string of the molecule is CCC(C)C1CN(CC2Cc3ccccc3S2)CCCN1. The molecule has 0 radical (unpaired) electrons. The molecule has 2 aliphatic rings. The highest BCUT2D eigenvalue weighted by Gasteiger charge is 2.27. The predicted octanol–water partition coefficient (Wildman–Crippen LogP) is 3.41. The third-order valence-electron chi connectivity index (χ3n) is 5.02. The fraction of sp³-hybridized carbons (Fsp3) is 0.667. The topological polar surface area (TPSA) is 15.3 Å². The Labute approximate surface area is 133 Å². The van der Waals surface area contributed by atoms with Gasteiger partial charge in [0.05, 0.1) is 0 Å². The molecule has 3 rings (SSSR count). The summed E-state index contributed by atoms with van der Waals surface area (Å²) in [6.07, 6.45) is 3.81. The van der Waals surface area contributed by atoms with Crippen LogP contribution in [0.4, 0.5) is 0 Å². The number of fused-ring (bicyclic) bond motifs is 1. The number of thioether (sulfide) groups is 1. The number of benzene rings is 1. The Kier molecular flexibility index (Phi) is 5.25. The van der Waals surface area contributed by atoms with E-state index in [9.17, 15) is 0 Å². The van der Waals surface area contributed by atoms with E-state index in [1.54, 1.807) is 5.56 Å². The van der Waals surface area contributed by atoms with E-state index >= 15 is 0 Å². The molecular formula is C18H28N2S. The van der Waals surface area contributed by atoms with Gasteiger partial charge in [0.15, 0.2) is 0 Å². The van der Waals surface area contributed by atoms with Crippen molar-refractivity contribution in [3.63, 3.8) is 0 Å². The Morgan fingerprint density at radius 1 is 1.38 bits per heavy atom. The van der Waals surface area contributed by atoms with Crippen molar-refractivity contribution in [1.82, 2.24) is 10.2 Å². The molecule has 0 aromatic heterocycles. The second kappa shape index (κ2) is 7.17. The van der Waals surface area contributed by atoms with E-state index in [4.69, 9.17) is 0 Å². The Hall–Kier alpha value is -0.510. The van der Waals surface area contributed by atoms with Crippen molar-refractivity contribution in [1.29, 1.82) is 0 Å². The Bertz CT molecular complexity index is 437. The number of hydrogen-bond donors (Lipinski definition) is 1. The molecule has 2 heterocycles. The van der Waals surface area contributed by atoms with Gasteiger partial charge in [0, 0.05) is 29.3 Å². The summed E-state index contributed by atoms with van der Waals surface area (Å²) in [6.45, 7) is 9.61. The minimum absolute atomic E-state index is 0.672. The Morgan fingerprint density at radius 3 is 3.05 bits per heavy atom. The summed E-state index contributed by atoms with van der Waals surface area (Å²) in [7, 11) is 0. The number of nitrogens with one attached hydrogen (secondary N) is 1. The van der Waals surface area contributed by atoms with Crippen LogP contribution >= 0.6 is 11.8 Å². The molecule has 21 heavy (non-hydrogen) atoms. The molecule has 1 fully saturated rings. The molecule has 1 N–H and O–H groups in total. The number of rotatable bonds is 4. The van der Waals surface area contributed by atoms with Crippen LogP contribution in [0.5, 0.6) is 0 Å². The zero-order valence-electron chi connectivity index (χ0n) is 13.3. The van der Waals surface area contributed by atoms with E-state index in [0.717, 1.165) is 11.2 Å². The Morgan fingerprint density at radius 2 is 2.24 bits per heavy atom. The minimum atomic E-state index is 0.672. The minimum Gasteiger partial charge on any atom is -0.312 e. The molecular weight excluding hydrogens is 276 g/mol. The third-order valence-corrected chi connectivity index (χ3v) is 6.32. The van der Waals surface area contributed by atoms with Gasteiger partial charge in [0.25, 0.3) is 0 Å². The summed E-state index contributed by atoms with van der Waals surface area (Å²) in [5.41, 5.74) is 1.55. The first-order valence-electron chi connectivity index (χ1n) is 8.46. The highest BCUT2D eigenvalue weighted by molar-refractivity contribution is 8.00. The zero-order chi connectivity index (χ0) is 14.7. The van der Waals surface area contributed by atoms with Crippen LogP contribution in [0.15, 0.2) is 29.2 Å². The summed E-state index contributed by atoms with van der Waals surface area (Å²) < 4.78 is 0. The van der Waals surface area contributed by atoms with Gasteiger partial charge < -0.3 is 10.2 Å². The van der Waals surface area contributed by atoms with Crippen molar-refractivity contribution in [3.05, 3.63) is 29.8 Å². The molecule has 1 aromatic carbocycles. The van der Waals surface area contributed by atoms with E-state index in [1.165, 1.54) is 50.3 Å². The summed E-state index contributed by atoms with van der Waals surface area (Å²) >= 11 is 2.09. The maximum absolute atomic E-state index is 3.76. The number of hydrogen-bond acceptors (Lipinski definition) is 3. The lowest BCUT2D eigenvalue weighted by atomic mass is 9.99. The number of nitrogens with zero attached hydrogens (tertiary/aromatic N) is 1. The quantitative estimate of drug-likeness (QED) is 0.917. The van der Waals surface area contributed by atoms with Gasteiger partial charge in [-0.3, -0.25) is 0 Å². The summed E-state index contributed by atoms with van der Waals surface area (Å²) in [5, 5.41) is 4.50. The second-order valence-electron chi connectivity index (χ2n) is 6.61. The van der Waals surface area contributed by atoms with Crippen LogP contribution in [0.3, 0.4) is 0 Å². The summed E-state index contributed by atoms with van der Waals surface area (Å²) in [4.78, 5) is 4.22. The van der Waals surface area contributed by atoms with Gasteiger partial charge in [-0.2, -0.15) is 0 Å². The first kappa shape index (κ1) is 15.4. The fourth-order valence-electron chi connectivity index (χ4n) is 3.50. The van der Waals surface area contributed by atoms with Crippen LogP contribution in [0.2, 0.25) is 0 Å². The van der Waals surface area contributed by atoms with Gasteiger partial charge >= 0.3 is 0 Å². The van der Waals surface area contributed by atoms with Crippen LogP contribution < -0.4 is 5.32 Å². The van der Waals surface area contributed by atoms with Gasteiger partial charge in [0.1, 0.15) is 0 Å². The largest absolute Gasteiger partial charge is 0.312 e. The van der Waals surface area contributed by atoms with Crippen molar-refractivity contribution in [2.75, 3.05) is 26.2 Å². The molecule has 3 atom stereocenters. The molecule has 0 amide bonds. The maximum atomic E-state index is 3.76. The van der Waals surface area contributed by atoms with Crippen molar-refractivity contribution >= 4 is 11.8 Å². The van der Waals surface area contributed by atoms with Gasteiger partial charge in [-0.05, 0) is 43.5 Å². The molecule has 116 valence electrons. The average Bonchev–Trinajstić information content (AvgIpc) is 2.76. The van der Waals surface area contributed by atoms with Crippen LogP contribution in [-0.2, 0) is 6.42 Å². The van der Waals surface area contributed by atoms with Gasteiger partial charge in [-0.1, -0.05) is 38.5 Å². The van der Waals surface area contributed by atoms with Crippen molar-refractivity contribution < 1.29 is 0 Å². The molecule has 0 bridgehead atoms. The van der Waals surface area contributed by atoms with E-state index < -0.39 is 0 Å². The van der Waals surface area contributed by atoms with E-state index in [1.807, 2.05) is 0 Å². The highest BCUT2D eigenvalue weighted by atomic mass is 32.2. The first-order chi connectivity index (χ1) is 10.3. The zero-order valence-corrected chi connectivity index (χ0v) is 14.2. The molecule has 0 saturated carbocycles. The highest BCUT2D eigenvalue weighted by Crippen LogP contribution is 2.37. The van der Waals surface area contributed by atoms with E-state index in [-0.39, 0.29) is 0 Å². The van der Waals surface area contributed by atoms with Gasteiger partial charge in [-0.25, -0.2) is 0 Å². The first-order valence-corrected chi connectivity index (χ1v) is 9.34. The van der Waals surface area contributed by atoms with E-state index in [2.05, 4.69) is 60.1 Å². The summed E-state index contributed by atoms with van der Waals surface area (Å²) in [6, 6.07) is 9.60. The van der Waals surface area contributed by atoms with Crippen LogP contribution in [0, 0.1) is 5.92 Å². The lowest BCUT2D eigenvalue weighted by molar-refractivity contribution is 0.239. The predicted molar refractivity (Wildman–Crippen MR) is 92.1 cm³/mol. The molecule has 3 heteroatoms. The lowest BCUT2D eigenvalue weighted by Gasteiger charge is -2.29. The van der Waals surface area contributed by atoms with Crippen molar-refractivity contribution in [2.24, 2.45) is 5.92 Å². The Balaban J connectivity index is 1.57. The third kappa shape index (κ3) is 3.82. The molecule has 2 aliphatic heterocycles. The smallest absolute Gasteiger partial charge is 0.0263 e. The molecule has 1 aromatic rings. The molecule has 2 nitrogen and oxygen atoms in total. The average molecular weight is 305 g/mol. The van der Waals surface area contributed by atoms with Gasteiger partial charge in [-0.15, -0.1) is 11.8 Å². The van der Waals surface area contributed by atoms with Crippen LogP contribution in [0.1, 0.15) is 32.3 Å². The van der Waals surface area contributed by atoms with E-state index in [0.29, 0.717) is 6.04 Å². The van der Waals surface area contributed by atoms with Gasteiger partial charge in [0.2, 0.25) is 0 Å². The molecule has 1 saturated heterocycles. The lowest BCUT2D eigenvalue weighted by Crippen LogP contribution is -2.43. The van der Waals surface area contributed by atoms with Crippen LogP contribution in [0.25, 0.3) is 0 Å². The molecule has 0 spiro atoms. The van der Waals surface area contributed by atoms with Crippen molar-refractivity contribution in [2.45, 2.75) is 49.3 Å². The second-order valence-corrected chi connectivity index (χ2v) is 7.95. The van der Waals surface area contributed by atoms with Crippen LogP contribution in [-0.4, -0.2) is 42.4 Å².